The first-order chi connectivity index (χ1) is 8.14. The molecule has 1 N–H and O–H groups in total. The quantitative estimate of drug-likeness (QED) is 0.729. The predicted molar refractivity (Wildman–Crippen MR) is 62.9 cm³/mol. The average molecular weight is 233 g/mol. The van der Waals surface area contributed by atoms with Gasteiger partial charge in [-0.15, -0.1) is 14.8 Å². The van der Waals surface area contributed by atoms with Gasteiger partial charge < -0.3 is 10.2 Å². The monoisotopic (exact) mass is 233 g/mol. The highest BCUT2D eigenvalue weighted by Crippen LogP contribution is 2.17. The van der Waals surface area contributed by atoms with Crippen LogP contribution in [0.1, 0.15) is 13.8 Å². The van der Waals surface area contributed by atoms with E-state index in [0.717, 1.165) is 25.5 Å². The van der Waals surface area contributed by atoms with Crippen LogP contribution in [0.3, 0.4) is 0 Å². The molecular weight excluding hydrogens is 218 g/mol. The van der Waals surface area contributed by atoms with E-state index in [1.807, 2.05) is 12.1 Å². The lowest BCUT2D eigenvalue weighted by molar-refractivity contribution is 0.351. The highest BCUT2D eigenvalue weighted by Gasteiger charge is 2.26. The molecular formula is C10H15N7. The Morgan fingerprint density at radius 3 is 3.06 bits per heavy atom. The van der Waals surface area contributed by atoms with E-state index in [9.17, 15) is 0 Å². The van der Waals surface area contributed by atoms with Crippen LogP contribution in [-0.2, 0) is 0 Å². The van der Waals surface area contributed by atoms with Crippen LogP contribution in [0, 0.1) is 0 Å². The molecule has 0 aromatic carbocycles. The Kier molecular flexibility index (Phi) is 2.22. The summed E-state index contributed by atoms with van der Waals surface area (Å²) < 4.78 is 1.46. The maximum Gasteiger partial charge on any atom is 0.200 e. The first kappa shape index (κ1) is 10.4. The van der Waals surface area contributed by atoms with Crippen molar-refractivity contribution >= 4 is 11.5 Å². The summed E-state index contributed by atoms with van der Waals surface area (Å²) in [6, 6.07) is 3.85. The summed E-state index contributed by atoms with van der Waals surface area (Å²) >= 11 is 0. The highest BCUT2D eigenvalue weighted by molar-refractivity contribution is 5.45. The molecule has 1 fully saturated rings. The number of tetrazole rings is 1. The van der Waals surface area contributed by atoms with Crippen molar-refractivity contribution in [3.63, 3.8) is 0 Å². The van der Waals surface area contributed by atoms with Gasteiger partial charge in [0.05, 0.1) is 0 Å². The fraction of sp³-hybridized carbons (Fsp3) is 0.600. The Balaban J connectivity index is 1.92. The molecule has 0 amide bonds. The first-order valence-electron chi connectivity index (χ1n) is 5.69. The van der Waals surface area contributed by atoms with Crippen molar-refractivity contribution in [2.75, 3.05) is 24.5 Å². The molecule has 1 saturated heterocycles. The number of nitrogens with zero attached hydrogens (tertiary/aromatic N) is 6. The second kappa shape index (κ2) is 3.63. The topological polar surface area (TPSA) is 71.2 Å². The summed E-state index contributed by atoms with van der Waals surface area (Å²) in [5, 5.41) is 19.1. The van der Waals surface area contributed by atoms with Crippen LogP contribution < -0.4 is 10.2 Å². The van der Waals surface area contributed by atoms with E-state index >= 15 is 0 Å². The second-order valence-electron chi connectivity index (χ2n) is 4.95. The zero-order valence-electron chi connectivity index (χ0n) is 9.96. The Morgan fingerprint density at radius 1 is 1.35 bits per heavy atom. The molecule has 90 valence electrons. The van der Waals surface area contributed by atoms with Gasteiger partial charge in [-0.1, -0.05) is 0 Å². The molecule has 0 unspecified atom stereocenters. The van der Waals surface area contributed by atoms with Crippen molar-refractivity contribution < 1.29 is 0 Å². The molecule has 0 atom stereocenters. The number of rotatable bonds is 1. The summed E-state index contributed by atoms with van der Waals surface area (Å²) in [5.74, 6) is 0.916. The molecule has 2 aromatic heterocycles. The lowest BCUT2D eigenvalue weighted by Gasteiger charge is -2.39. The Labute approximate surface area is 98.8 Å². The molecule has 2 aromatic rings. The number of hydrogen-bond donors (Lipinski definition) is 1. The molecule has 0 bridgehead atoms. The third-order valence-corrected chi connectivity index (χ3v) is 2.95. The van der Waals surface area contributed by atoms with Crippen LogP contribution in [0.15, 0.2) is 12.1 Å². The molecule has 0 spiro atoms. The third-order valence-electron chi connectivity index (χ3n) is 2.95. The molecule has 7 heteroatoms. The van der Waals surface area contributed by atoms with E-state index in [1.54, 1.807) is 0 Å². The molecule has 3 rings (SSSR count). The van der Waals surface area contributed by atoms with Crippen LogP contribution in [0.4, 0.5) is 5.82 Å². The summed E-state index contributed by atoms with van der Waals surface area (Å²) in [6.45, 7) is 7.21. The van der Waals surface area contributed by atoms with E-state index in [4.69, 9.17) is 0 Å². The van der Waals surface area contributed by atoms with Gasteiger partial charge in [0.1, 0.15) is 0 Å². The van der Waals surface area contributed by atoms with Crippen molar-refractivity contribution in [1.29, 1.82) is 0 Å². The molecule has 0 saturated carbocycles. The molecule has 0 aliphatic carbocycles. The highest BCUT2D eigenvalue weighted by atomic mass is 15.6. The predicted octanol–water partition coefficient (Wildman–Crippen LogP) is -0.292. The van der Waals surface area contributed by atoms with Crippen molar-refractivity contribution in [1.82, 2.24) is 30.6 Å². The summed E-state index contributed by atoms with van der Waals surface area (Å²) in [4.78, 5) is 2.25. The standard InChI is InChI=1S/C10H15N7/c1-10(2)7-16(6-5-11-10)9-4-3-8-12-14-15-17(8)13-9/h3-4,11H,5-7H2,1-2H3. The SMILES string of the molecule is CC1(C)CN(c2ccc3nnnn3n2)CCN1. The van der Waals surface area contributed by atoms with Crippen molar-refractivity contribution in [3.8, 4) is 0 Å². The molecule has 1 aliphatic heterocycles. The van der Waals surface area contributed by atoms with E-state index in [2.05, 4.69) is 44.7 Å². The van der Waals surface area contributed by atoms with Crippen LogP contribution in [-0.4, -0.2) is 50.4 Å². The van der Waals surface area contributed by atoms with E-state index in [-0.39, 0.29) is 5.54 Å². The van der Waals surface area contributed by atoms with E-state index < -0.39 is 0 Å². The van der Waals surface area contributed by atoms with Crippen LogP contribution >= 0.6 is 0 Å². The fourth-order valence-electron chi connectivity index (χ4n) is 2.15. The smallest absolute Gasteiger partial charge is 0.200 e. The van der Waals surface area contributed by atoms with Crippen LogP contribution in [0.2, 0.25) is 0 Å². The average Bonchev–Trinajstić information content (AvgIpc) is 2.74. The largest absolute Gasteiger partial charge is 0.352 e. The molecule has 7 nitrogen and oxygen atoms in total. The minimum atomic E-state index is 0.107. The van der Waals surface area contributed by atoms with Gasteiger partial charge in [-0.05, 0) is 36.4 Å². The fourth-order valence-corrected chi connectivity index (χ4v) is 2.15. The lowest BCUT2D eigenvalue weighted by Crippen LogP contribution is -2.57. The number of anilines is 1. The number of hydrogen-bond acceptors (Lipinski definition) is 6. The Bertz CT molecular complexity index is 532. The zero-order valence-corrected chi connectivity index (χ0v) is 9.96. The molecule has 17 heavy (non-hydrogen) atoms. The Hall–Kier alpha value is -1.76. The third kappa shape index (κ3) is 1.93. The van der Waals surface area contributed by atoms with Gasteiger partial charge in [0.2, 0.25) is 0 Å². The van der Waals surface area contributed by atoms with Gasteiger partial charge in [0.15, 0.2) is 11.5 Å². The molecule has 3 heterocycles. The van der Waals surface area contributed by atoms with Crippen molar-refractivity contribution in [2.24, 2.45) is 0 Å². The van der Waals surface area contributed by atoms with Gasteiger partial charge in [0, 0.05) is 25.2 Å². The van der Waals surface area contributed by atoms with Crippen LogP contribution in [0.5, 0.6) is 0 Å². The van der Waals surface area contributed by atoms with Gasteiger partial charge in [-0.25, -0.2) is 0 Å². The van der Waals surface area contributed by atoms with E-state index in [1.165, 1.54) is 4.63 Å². The minimum Gasteiger partial charge on any atom is -0.352 e. The summed E-state index contributed by atoms with van der Waals surface area (Å²) in [5.41, 5.74) is 0.776. The number of nitrogens with one attached hydrogen (secondary N) is 1. The van der Waals surface area contributed by atoms with Gasteiger partial charge in [-0.3, -0.25) is 0 Å². The summed E-state index contributed by atoms with van der Waals surface area (Å²) in [7, 11) is 0. The van der Waals surface area contributed by atoms with Crippen molar-refractivity contribution in [3.05, 3.63) is 12.1 Å². The zero-order chi connectivity index (χ0) is 11.9. The second-order valence-corrected chi connectivity index (χ2v) is 4.95. The van der Waals surface area contributed by atoms with Gasteiger partial charge in [-0.2, -0.15) is 0 Å². The summed E-state index contributed by atoms with van der Waals surface area (Å²) in [6.07, 6.45) is 0. The normalized spacial score (nSPS) is 19.8. The number of piperazine rings is 1. The van der Waals surface area contributed by atoms with Crippen molar-refractivity contribution in [2.45, 2.75) is 19.4 Å². The Morgan fingerprint density at radius 2 is 2.24 bits per heavy atom. The number of fused-ring (bicyclic) bond motifs is 1. The van der Waals surface area contributed by atoms with Crippen LogP contribution in [0.25, 0.3) is 5.65 Å². The number of aromatic nitrogens is 5. The maximum atomic E-state index is 4.40. The lowest BCUT2D eigenvalue weighted by atomic mass is 10.0. The van der Waals surface area contributed by atoms with Gasteiger partial charge in [0.25, 0.3) is 0 Å². The molecule has 1 aliphatic rings. The maximum absolute atomic E-state index is 4.40. The van der Waals surface area contributed by atoms with Gasteiger partial charge >= 0.3 is 0 Å². The minimum absolute atomic E-state index is 0.107. The first-order valence-corrected chi connectivity index (χ1v) is 5.69. The van der Waals surface area contributed by atoms with E-state index in [0.29, 0.717) is 5.65 Å². The molecule has 0 radical (unpaired) electrons.